The van der Waals surface area contributed by atoms with Gasteiger partial charge < -0.3 is 29.1 Å². The zero-order chi connectivity index (χ0) is 57.1. The fraction of sp³-hybridized carbons (Fsp3) is 0.519. The Labute approximate surface area is 491 Å². The summed E-state index contributed by atoms with van der Waals surface area (Å²) in [7, 11) is 2.69. The Morgan fingerprint density at radius 2 is 0.768 bits per heavy atom. The van der Waals surface area contributed by atoms with E-state index >= 15 is 0 Å². The van der Waals surface area contributed by atoms with E-state index in [2.05, 4.69) is 9.80 Å². The van der Waals surface area contributed by atoms with Crippen LogP contribution in [0, 0.1) is 25.5 Å². The summed E-state index contributed by atoms with van der Waals surface area (Å²) in [4.78, 5) is 37.2. The summed E-state index contributed by atoms with van der Waals surface area (Å²) < 4.78 is 199. The highest BCUT2D eigenvalue weighted by Crippen LogP contribution is 2.41. The summed E-state index contributed by atoms with van der Waals surface area (Å²) in [6.07, 6.45) is -17.6. The molecule has 0 unspecified atom stereocenters. The molecule has 0 spiro atoms. The fourth-order valence-corrected chi connectivity index (χ4v) is 10.9. The van der Waals surface area contributed by atoms with E-state index in [4.69, 9.17) is 9.47 Å². The second-order valence-corrected chi connectivity index (χ2v) is 20.2. The Hall–Kier alpha value is -4.56. The van der Waals surface area contributed by atoms with Crippen LogP contribution < -0.4 is 0 Å². The number of amides is 4. The van der Waals surface area contributed by atoms with Crippen molar-refractivity contribution in [2.45, 2.75) is 101 Å². The van der Waals surface area contributed by atoms with Crippen LogP contribution in [-0.2, 0) is 47.3 Å². The molecule has 4 fully saturated rings. The highest BCUT2D eigenvalue weighted by Gasteiger charge is 2.42. The number of halogens is 18. The van der Waals surface area contributed by atoms with E-state index in [1.165, 1.54) is 38.4 Å². The molecule has 4 aromatic rings. The summed E-state index contributed by atoms with van der Waals surface area (Å²) >= 11 is 0. The number of likely N-dealkylation sites (tertiary alicyclic amines) is 2. The molecule has 0 aromatic heterocycles. The molecule has 4 atom stereocenters. The number of carbonyl (C=O) groups is 2. The van der Waals surface area contributed by atoms with E-state index in [0.29, 0.717) is 101 Å². The molecule has 4 aliphatic rings. The normalized spacial score (nSPS) is 20.2. The van der Waals surface area contributed by atoms with Crippen molar-refractivity contribution < 1.29 is 80.5 Å². The number of benzene rings is 4. The van der Waals surface area contributed by atoms with Gasteiger partial charge in [0, 0.05) is 78.5 Å². The molecule has 4 aliphatic heterocycles. The van der Waals surface area contributed by atoms with Crippen LogP contribution in [0.15, 0.2) is 72.8 Å². The van der Waals surface area contributed by atoms with Crippen LogP contribution in [0.1, 0.15) is 93.4 Å². The summed E-state index contributed by atoms with van der Waals surface area (Å²) in [5, 5.41) is 0. The van der Waals surface area contributed by atoms with Gasteiger partial charge in [0.15, 0.2) is 0 Å². The second-order valence-electron chi connectivity index (χ2n) is 20.2. The molecule has 460 valence electrons. The summed E-state index contributed by atoms with van der Waals surface area (Å²) in [5.41, 5.74) is -3.51. The van der Waals surface area contributed by atoms with E-state index in [9.17, 15) is 71.1 Å². The predicted octanol–water partition coefficient (Wildman–Crippen LogP) is 14.2. The van der Waals surface area contributed by atoms with Gasteiger partial charge in [-0.2, -0.15) is 52.7 Å². The number of alkyl halides is 12. The highest BCUT2D eigenvalue weighted by atomic mass is 35.5. The van der Waals surface area contributed by atoms with Gasteiger partial charge in [0.2, 0.25) is 0 Å². The van der Waals surface area contributed by atoms with E-state index in [-0.39, 0.29) is 85.0 Å². The Kier molecular flexibility index (Phi) is 25.8. The highest BCUT2D eigenvalue weighted by molar-refractivity contribution is 5.86. The molecule has 10 nitrogen and oxygen atoms in total. The minimum Gasteiger partial charge on any atom is -0.379 e. The van der Waals surface area contributed by atoms with Crippen LogP contribution in [0.4, 0.5) is 71.1 Å². The molecule has 4 amide bonds. The number of ether oxygens (including phenoxy) is 2. The van der Waals surface area contributed by atoms with E-state index in [1.807, 2.05) is 0 Å². The van der Waals surface area contributed by atoms with Crippen molar-refractivity contribution in [3.63, 3.8) is 0 Å². The first-order chi connectivity index (χ1) is 36.5. The Morgan fingerprint density at radius 3 is 1.04 bits per heavy atom. The van der Waals surface area contributed by atoms with E-state index in [1.54, 1.807) is 35.8 Å². The summed E-state index contributed by atoms with van der Waals surface area (Å²) in [6.45, 7) is 8.57. The topological polar surface area (TPSA) is 72.0 Å². The standard InChI is InChI=1S/2C27H30F7N3O2.4ClH/c2*1-17-11-21(28)3-4-23(17)24-15-22(36-7-9-39-10-8-36)5-6-37(24)25(38)35(2)16-18-12-19(26(29,30)31)14-20(13-18)27(32,33)34;;;;/h2*3-4,11-14,22,24H,5-10,15-16H2,1-2H3;4*1H/t2*22-,24+;;;;/m10..../s1. The lowest BCUT2D eigenvalue weighted by Crippen LogP contribution is -2.53. The quantitative estimate of drug-likeness (QED) is 0.164. The maximum absolute atomic E-state index is 13.9. The van der Waals surface area contributed by atoms with Gasteiger partial charge >= 0.3 is 36.8 Å². The molecular weight excluding hydrogens is 1200 g/mol. The molecule has 82 heavy (non-hydrogen) atoms. The molecule has 4 saturated heterocycles. The largest absolute Gasteiger partial charge is 0.416 e. The van der Waals surface area contributed by atoms with Crippen LogP contribution in [0.2, 0.25) is 0 Å². The van der Waals surface area contributed by atoms with Crippen molar-refractivity contribution in [3.8, 4) is 0 Å². The first kappa shape index (κ1) is 71.7. The maximum atomic E-state index is 13.9. The van der Waals surface area contributed by atoms with Crippen LogP contribution in [-0.4, -0.2) is 133 Å². The van der Waals surface area contributed by atoms with Crippen LogP contribution in [0.3, 0.4) is 0 Å². The fourth-order valence-electron chi connectivity index (χ4n) is 10.9. The number of hydrogen-bond acceptors (Lipinski definition) is 6. The molecular formula is C54H64Cl4F14N6O4. The van der Waals surface area contributed by atoms with Gasteiger partial charge in [-0.3, -0.25) is 9.80 Å². The van der Waals surface area contributed by atoms with Gasteiger partial charge in [-0.25, -0.2) is 18.4 Å². The number of carbonyl (C=O) groups excluding carboxylic acids is 2. The first-order valence-corrected chi connectivity index (χ1v) is 25.2. The average Bonchev–Trinajstić information content (AvgIpc) is 3.38. The minimum atomic E-state index is -4.98. The third kappa shape index (κ3) is 18.2. The van der Waals surface area contributed by atoms with Gasteiger partial charge in [-0.15, -0.1) is 49.6 Å². The minimum absolute atomic E-state index is 0. The van der Waals surface area contributed by atoms with Crippen molar-refractivity contribution in [1.82, 2.24) is 29.4 Å². The lowest BCUT2D eigenvalue weighted by Gasteiger charge is -2.45. The van der Waals surface area contributed by atoms with Gasteiger partial charge in [0.1, 0.15) is 11.6 Å². The molecule has 0 radical (unpaired) electrons. The molecule has 8 rings (SSSR count). The van der Waals surface area contributed by atoms with Crippen molar-refractivity contribution in [1.29, 1.82) is 0 Å². The van der Waals surface area contributed by atoms with Gasteiger partial charge in [-0.05, 0) is 134 Å². The first-order valence-electron chi connectivity index (χ1n) is 25.2. The van der Waals surface area contributed by atoms with Gasteiger partial charge in [0.25, 0.3) is 0 Å². The number of hydrogen-bond donors (Lipinski definition) is 0. The number of morpholine rings is 2. The van der Waals surface area contributed by atoms with Crippen molar-refractivity contribution in [3.05, 3.63) is 140 Å². The van der Waals surface area contributed by atoms with Gasteiger partial charge in [-0.1, -0.05) is 12.1 Å². The predicted molar refractivity (Wildman–Crippen MR) is 288 cm³/mol. The molecule has 28 heteroatoms. The van der Waals surface area contributed by atoms with Crippen molar-refractivity contribution >= 4 is 61.7 Å². The molecule has 0 bridgehead atoms. The molecule has 4 aromatic carbocycles. The van der Waals surface area contributed by atoms with Crippen LogP contribution >= 0.6 is 49.6 Å². The van der Waals surface area contributed by atoms with Crippen LogP contribution in [0.5, 0.6) is 0 Å². The zero-order valence-electron chi connectivity index (χ0n) is 44.8. The monoisotopic (exact) mass is 1270 g/mol. The molecule has 4 heterocycles. The van der Waals surface area contributed by atoms with E-state index in [0.717, 1.165) is 47.1 Å². The lowest BCUT2D eigenvalue weighted by atomic mass is 9.88. The molecule has 0 N–H and O–H groups in total. The Morgan fingerprint density at radius 1 is 0.476 bits per heavy atom. The molecule has 0 aliphatic carbocycles. The summed E-state index contributed by atoms with van der Waals surface area (Å²) in [6, 6.07) is 9.59. The smallest absolute Gasteiger partial charge is 0.379 e. The van der Waals surface area contributed by atoms with Gasteiger partial charge in [0.05, 0.1) is 60.8 Å². The number of aryl methyl sites for hydroxylation is 2. The zero-order valence-corrected chi connectivity index (χ0v) is 48.1. The number of urea groups is 2. The molecule has 0 saturated carbocycles. The number of piperidine rings is 2. The van der Waals surface area contributed by atoms with Crippen molar-refractivity contribution in [2.75, 3.05) is 79.8 Å². The average molecular weight is 1270 g/mol. The third-order valence-electron chi connectivity index (χ3n) is 14.7. The third-order valence-corrected chi connectivity index (χ3v) is 14.7. The van der Waals surface area contributed by atoms with Crippen LogP contribution in [0.25, 0.3) is 0 Å². The SMILES string of the molecule is Cc1cc(F)ccc1[C@@H]1C[C@H](N2CCOCC2)CCN1C(=O)N(C)Cc1cc(C(F)(F)F)cc(C(F)(F)F)c1.Cc1cc(F)ccc1[C@H]1C[C@@H](N2CCOCC2)CCN1C(=O)N(C)Cc1cc(C(F)(F)F)cc(C(F)(F)F)c1.Cl.Cl.Cl.Cl. The maximum Gasteiger partial charge on any atom is 0.416 e. The Bertz CT molecular complexity index is 2500. The number of rotatable bonds is 8. The number of nitrogens with zero attached hydrogens (tertiary/aromatic N) is 6. The second kappa shape index (κ2) is 29.5. The van der Waals surface area contributed by atoms with Crippen molar-refractivity contribution in [2.24, 2.45) is 0 Å². The Balaban J connectivity index is 0.000000410. The summed E-state index contributed by atoms with van der Waals surface area (Å²) in [5.74, 6) is -0.839. The van der Waals surface area contributed by atoms with E-state index < -0.39 is 95.8 Å². The lowest BCUT2D eigenvalue weighted by molar-refractivity contribution is -0.144.